The summed E-state index contributed by atoms with van der Waals surface area (Å²) in [6.07, 6.45) is -2.86. The van der Waals surface area contributed by atoms with E-state index in [1.165, 1.54) is 0 Å². The van der Waals surface area contributed by atoms with Crippen molar-refractivity contribution in [3.63, 3.8) is 0 Å². The highest BCUT2D eigenvalue weighted by molar-refractivity contribution is 5.79. The van der Waals surface area contributed by atoms with E-state index in [1.807, 2.05) is 0 Å². The van der Waals surface area contributed by atoms with Crippen molar-refractivity contribution in [3.8, 4) is 0 Å². The number of nitrogens with two attached hydrogens (primary N) is 1. The Balaban J connectivity index is 3.40. The molecule has 0 saturated carbocycles. The van der Waals surface area contributed by atoms with Crippen LogP contribution in [-0.2, 0) is 6.18 Å². The van der Waals surface area contributed by atoms with Gasteiger partial charge in [0, 0.05) is 11.8 Å². The van der Waals surface area contributed by atoms with Gasteiger partial charge in [-0.25, -0.2) is 0 Å². The molecule has 0 saturated heterocycles. The summed E-state index contributed by atoms with van der Waals surface area (Å²) in [6.45, 7) is 0. The van der Waals surface area contributed by atoms with Crippen LogP contribution in [0.25, 0.3) is 0 Å². The molecule has 3 nitrogen and oxygen atoms in total. The minimum atomic E-state index is -4.62. The Labute approximate surface area is 71.4 Å². The largest absolute Gasteiger partial charge is 0.419 e. The lowest BCUT2D eigenvalue weighted by atomic mass is 10.1. The van der Waals surface area contributed by atoms with E-state index in [-0.39, 0.29) is 6.29 Å². The van der Waals surface area contributed by atoms with E-state index < -0.39 is 23.0 Å². The van der Waals surface area contributed by atoms with Crippen LogP contribution in [-0.4, -0.2) is 11.3 Å². The van der Waals surface area contributed by atoms with Crippen LogP contribution >= 0.6 is 0 Å². The summed E-state index contributed by atoms with van der Waals surface area (Å²) in [4.78, 5) is 13.6. The highest BCUT2D eigenvalue weighted by Gasteiger charge is 2.35. The zero-order valence-corrected chi connectivity index (χ0v) is 6.30. The van der Waals surface area contributed by atoms with Crippen LogP contribution in [0.4, 0.5) is 18.9 Å². The molecule has 0 spiro atoms. The molecule has 0 unspecified atom stereocenters. The molecule has 13 heavy (non-hydrogen) atoms. The molecule has 0 amide bonds. The molecule has 1 heterocycles. The molecule has 1 aromatic heterocycles. The highest BCUT2D eigenvalue weighted by Crippen LogP contribution is 2.34. The fourth-order valence-corrected chi connectivity index (χ4v) is 0.910. The monoisotopic (exact) mass is 190 g/mol. The summed E-state index contributed by atoms with van der Waals surface area (Å²) in [5.41, 5.74) is 2.82. The number of nitrogen functional groups attached to an aromatic ring is 1. The standard InChI is InChI=1S/C7H5F3N2O/c8-7(9,10)6-4(3-13)1-12-2-5(6)11/h1-3H,11H2. The molecule has 6 heteroatoms. The number of rotatable bonds is 1. The van der Waals surface area contributed by atoms with Gasteiger partial charge in [-0.3, -0.25) is 9.78 Å². The third-order valence-electron chi connectivity index (χ3n) is 1.42. The summed E-state index contributed by atoms with van der Waals surface area (Å²) in [7, 11) is 0. The number of aromatic nitrogens is 1. The van der Waals surface area contributed by atoms with Crippen molar-refractivity contribution in [2.75, 3.05) is 5.73 Å². The Morgan fingerprint density at radius 2 is 2.00 bits per heavy atom. The molecule has 0 aliphatic carbocycles. The molecule has 1 aromatic rings. The van der Waals surface area contributed by atoms with Crippen molar-refractivity contribution in [1.82, 2.24) is 4.98 Å². The van der Waals surface area contributed by atoms with Gasteiger partial charge in [0.1, 0.15) is 0 Å². The van der Waals surface area contributed by atoms with E-state index in [1.54, 1.807) is 0 Å². The van der Waals surface area contributed by atoms with E-state index in [0.717, 1.165) is 12.4 Å². The minimum absolute atomic E-state index is 0.0756. The summed E-state index contributed by atoms with van der Waals surface area (Å²) in [5.74, 6) is 0. The molecule has 0 atom stereocenters. The van der Waals surface area contributed by atoms with E-state index in [9.17, 15) is 18.0 Å². The van der Waals surface area contributed by atoms with Crippen LogP contribution in [0.15, 0.2) is 12.4 Å². The van der Waals surface area contributed by atoms with Gasteiger partial charge in [0.25, 0.3) is 0 Å². The number of hydrogen-bond donors (Lipinski definition) is 1. The lowest BCUT2D eigenvalue weighted by molar-refractivity contribution is -0.137. The number of nitrogens with zero attached hydrogens (tertiary/aromatic N) is 1. The molecular weight excluding hydrogens is 185 g/mol. The first-order valence-electron chi connectivity index (χ1n) is 3.22. The number of alkyl halides is 3. The smallest absolute Gasteiger partial charge is 0.397 e. The molecule has 1 rings (SSSR count). The molecular formula is C7H5F3N2O. The fraction of sp³-hybridized carbons (Fsp3) is 0.143. The maximum absolute atomic E-state index is 12.2. The molecule has 2 N–H and O–H groups in total. The SMILES string of the molecule is Nc1cncc(C=O)c1C(F)(F)F. The average molecular weight is 190 g/mol. The molecule has 0 aromatic carbocycles. The Morgan fingerprint density at radius 3 is 2.38 bits per heavy atom. The molecule has 70 valence electrons. The predicted octanol–water partition coefficient (Wildman–Crippen LogP) is 1.50. The second kappa shape index (κ2) is 3.04. The fourth-order valence-electron chi connectivity index (χ4n) is 0.910. The second-order valence-corrected chi connectivity index (χ2v) is 2.31. The van der Waals surface area contributed by atoms with E-state index in [2.05, 4.69) is 4.98 Å². The molecule has 0 fully saturated rings. The van der Waals surface area contributed by atoms with Gasteiger partial charge in [0.15, 0.2) is 6.29 Å². The zero-order chi connectivity index (χ0) is 10.1. The first kappa shape index (κ1) is 9.50. The van der Waals surface area contributed by atoms with Crippen LogP contribution in [0, 0.1) is 0 Å². The van der Waals surface area contributed by atoms with Gasteiger partial charge in [-0.2, -0.15) is 13.2 Å². The molecule has 0 aliphatic heterocycles. The van der Waals surface area contributed by atoms with Crippen LogP contribution in [0.5, 0.6) is 0 Å². The number of pyridine rings is 1. The zero-order valence-electron chi connectivity index (χ0n) is 6.30. The Kier molecular flexibility index (Phi) is 2.22. The lowest BCUT2D eigenvalue weighted by Crippen LogP contribution is -2.12. The van der Waals surface area contributed by atoms with Crippen molar-refractivity contribution in [2.24, 2.45) is 0 Å². The van der Waals surface area contributed by atoms with Crippen molar-refractivity contribution < 1.29 is 18.0 Å². The van der Waals surface area contributed by atoms with Crippen molar-refractivity contribution >= 4 is 12.0 Å². The maximum Gasteiger partial charge on any atom is 0.419 e. The molecule has 0 bridgehead atoms. The van der Waals surface area contributed by atoms with Crippen LogP contribution in [0.2, 0.25) is 0 Å². The van der Waals surface area contributed by atoms with Crippen molar-refractivity contribution in [2.45, 2.75) is 6.18 Å². The third-order valence-corrected chi connectivity index (χ3v) is 1.42. The van der Waals surface area contributed by atoms with Gasteiger partial charge in [0.05, 0.1) is 17.4 Å². The van der Waals surface area contributed by atoms with Gasteiger partial charge in [-0.05, 0) is 0 Å². The second-order valence-electron chi connectivity index (χ2n) is 2.31. The van der Waals surface area contributed by atoms with Gasteiger partial charge >= 0.3 is 6.18 Å². The van der Waals surface area contributed by atoms with E-state index in [4.69, 9.17) is 5.73 Å². The van der Waals surface area contributed by atoms with Gasteiger partial charge in [0.2, 0.25) is 0 Å². The quantitative estimate of drug-likeness (QED) is 0.682. The highest BCUT2D eigenvalue weighted by atomic mass is 19.4. The predicted molar refractivity (Wildman–Crippen MR) is 39.0 cm³/mol. The number of anilines is 1. The summed E-state index contributed by atoms with van der Waals surface area (Å²) < 4.78 is 36.7. The van der Waals surface area contributed by atoms with Gasteiger partial charge < -0.3 is 5.73 Å². The van der Waals surface area contributed by atoms with Gasteiger partial charge in [-0.15, -0.1) is 0 Å². The number of hydrogen-bond acceptors (Lipinski definition) is 3. The number of carbonyl (C=O) groups excluding carboxylic acids is 1. The molecule has 0 radical (unpaired) electrons. The van der Waals surface area contributed by atoms with E-state index >= 15 is 0 Å². The van der Waals surface area contributed by atoms with Crippen LogP contribution in [0.1, 0.15) is 15.9 Å². The normalized spacial score (nSPS) is 11.3. The average Bonchev–Trinajstić information content (AvgIpc) is 2.01. The Bertz CT molecular complexity index is 335. The number of halogens is 3. The molecule has 0 aliphatic rings. The lowest BCUT2D eigenvalue weighted by Gasteiger charge is -2.10. The summed E-state index contributed by atoms with van der Waals surface area (Å²) in [6, 6.07) is 0. The third kappa shape index (κ3) is 1.77. The first-order chi connectivity index (χ1) is 5.96. The van der Waals surface area contributed by atoms with E-state index in [0.29, 0.717) is 0 Å². The van der Waals surface area contributed by atoms with Crippen LogP contribution < -0.4 is 5.73 Å². The summed E-state index contributed by atoms with van der Waals surface area (Å²) >= 11 is 0. The Hall–Kier alpha value is -1.59. The Morgan fingerprint density at radius 1 is 1.38 bits per heavy atom. The first-order valence-corrected chi connectivity index (χ1v) is 3.22. The summed E-state index contributed by atoms with van der Waals surface area (Å²) in [5, 5.41) is 0. The van der Waals surface area contributed by atoms with Crippen molar-refractivity contribution in [3.05, 3.63) is 23.5 Å². The topological polar surface area (TPSA) is 56.0 Å². The van der Waals surface area contributed by atoms with Crippen LogP contribution in [0.3, 0.4) is 0 Å². The minimum Gasteiger partial charge on any atom is -0.397 e. The van der Waals surface area contributed by atoms with Gasteiger partial charge in [-0.1, -0.05) is 0 Å². The number of aldehydes is 1. The maximum atomic E-state index is 12.2. The number of carbonyl (C=O) groups is 1. The van der Waals surface area contributed by atoms with Crippen molar-refractivity contribution in [1.29, 1.82) is 0 Å².